The van der Waals surface area contributed by atoms with Crippen molar-refractivity contribution in [2.45, 2.75) is 30.6 Å². The summed E-state index contributed by atoms with van der Waals surface area (Å²) >= 11 is 11.6. The SMILES string of the molecule is C[C@@H](Cl)CN(C[C@@H](C)Cl)C(=O)OC[C@H](N)C(=O)O. The van der Waals surface area contributed by atoms with Gasteiger partial charge in [-0.3, -0.25) is 4.79 Å². The Bertz CT molecular complexity index is 277. The molecule has 0 heterocycles. The van der Waals surface area contributed by atoms with Crippen molar-refractivity contribution in [2.75, 3.05) is 19.7 Å². The second-order valence-corrected chi connectivity index (χ2v) is 5.48. The minimum absolute atomic E-state index is 0.263. The zero-order valence-corrected chi connectivity index (χ0v) is 11.8. The summed E-state index contributed by atoms with van der Waals surface area (Å²) in [5.41, 5.74) is 5.22. The van der Waals surface area contributed by atoms with Crippen LogP contribution in [0.1, 0.15) is 13.8 Å². The van der Waals surface area contributed by atoms with Crippen LogP contribution >= 0.6 is 23.2 Å². The highest BCUT2D eigenvalue weighted by atomic mass is 35.5. The maximum Gasteiger partial charge on any atom is 0.409 e. The lowest BCUT2D eigenvalue weighted by Gasteiger charge is -2.24. The van der Waals surface area contributed by atoms with E-state index in [2.05, 4.69) is 0 Å². The molecule has 0 aliphatic rings. The molecule has 0 aliphatic carbocycles. The van der Waals surface area contributed by atoms with Gasteiger partial charge in [0.2, 0.25) is 0 Å². The number of hydrogen-bond acceptors (Lipinski definition) is 4. The van der Waals surface area contributed by atoms with Crippen LogP contribution in [0.3, 0.4) is 0 Å². The van der Waals surface area contributed by atoms with Gasteiger partial charge in [-0.25, -0.2) is 4.79 Å². The molecule has 0 bridgehead atoms. The predicted molar refractivity (Wildman–Crippen MR) is 69.2 cm³/mol. The average molecular weight is 301 g/mol. The summed E-state index contributed by atoms with van der Waals surface area (Å²) in [6.07, 6.45) is -0.674. The van der Waals surface area contributed by atoms with Gasteiger partial charge in [0.05, 0.1) is 0 Å². The Morgan fingerprint density at radius 1 is 1.28 bits per heavy atom. The minimum atomic E-state index is -1.24. The van der Waals surface area contributed by atoms with Gasteiger partial charge in [-0.05, 0) is 13.8 Å². The Balaban J connectivity index is 4.32. The predicted octanol–water partition coefficient (Wildman–Crippen LogP) is 1.09. The Labute approximate surface area is 116 Å². The van der Waals surface area contributed by atoms with Crippen LogP contribution in [0, 0.1) is 0 Å². The van der Waals surface area contributed by atoms with Gasteiger partial charge in [0.15, 0.2) is 0 Å². The second-order valence-electron chi connectivity index (χ2n) is 3.99. The third-order valence-corrected chi connectivity index (χ3v) is 2.18. The van der Waals surface area contributed by atoms with E-state index in [-0.39, 0.29) is 23.8 Å². The molecule has 0 unspecified atom stereocenters. The number of nitrogens with zero attached hydrogens (tertiary/aromatic N) is 1. The fourth-order valence-electron chi connectivity index (χ4n) is 1.15. The monoisotopic (exact) mass is 300 g/mol. The first kappa shape index (κ1) is 17.3. The fraction of sp³-hybridized carbons (Fsp3) is 0.800. The van der Waals surface area contributed by atoms with E-state index in [1.54, 1.807) is 13.8 Å². The van der Waals surface area contributed by atoms with Crippen LogP contribution in [0.2, 0.25) is 0 Å². The number of nitrogens with two attached hydrogens (primary N) is 1. The Kier molecular flexibility index (Phi) is 8.06. The lowest BCUT2D eigenvalue weighted by molar-refractivity contribution is -0.139. The molecule has 0 aromatic carbocycles. The number of hydrogen-bond donors (Lipinski definition) is 2. The molecule has 0 spiro atoms. The summed E-state index contributed by atoms with van der Waals surface area (Å²) < 4.78 is 4.79. The van der Waals surface area contributed by atoms with Gasteiger partial charge in [0.25, 0.3) is 0 Å². The quantitative estimate of drug-likeness (QED) is 0.687. The van der Waals surface area contributed by atoms with E-state index in [0.29, 0.717) is 0 Å². The number of aliphatic carboxylic acids is 1. The standard InChI is InChI=1S/C10H18Cl2N2O4/c1-6(11)3-14(4-7(2)12)10(17)18-5-8(13)9(15)16/h6-8H,3-5,13H2,1-2H3,(H,15,16)/t6-,7-,8+/m1/s1. The van der Waals surface area contributed by atoms with Crippen LogP contribution in [-0.2, 0) is 9.53 Å². The highest BCUT2D eigenvalue weighted by molar-refractivity contribution is 6.21. The number of halogens is 2. The second kappa shape index (κ2) is 8.39. The van der Waals surface area contributed by atoms with Gasteiger partial charge in [0.1, 0.15) is 12.6 Å². The first-order chi connectivity index (χ1) is 8.23. The molecule has 1 amide bonds. The Morgan fingerprint density at radius 3 is 2.06 bits per heavy atom. The molecule has 0 aromatic heterocycles. The van der Waals surface area contributed by atoms with Crippen LogP contribution in [0.25, 0.3) is 0 Å². The lowest BCUT2D eigenvalue weighted by Crippen LogP contribution is -2.42. The van der Waals surface area contributed by atoms with Crippen molar-refractivity contribution in [3.8, 4) is 0 Å². The molecular formula is C10H18Cl2N2O4. The van der Waals surface area contributed by atoms with Crippen LogP contribution in [0.5, 0.6) is 0 Å². The van der Waals surface area contributed by atoms with Gasteiger partial charge in [-0.15, -0.1) is 23.2 Å². The zero-order chi connectivity index (χ0) is 14.3. The van der Waals surface area contributed by atoms with Gasteiger partial charge < -0.3 is 20.5 Å². The minimum Gasteiger partial charge on any atom is -0.480 e. The number of carboxylic acid groups (broad SMARTS) is 1. The fourth-order valence-corrected chi connectivity index (χ4v) is 1.49. The summed E-state index contributed by atoms with van der Waals surface area (Å²) in [7, 11) is 0. The van der Waals surface area contributed by atoms with Crippen LogP contribution in [0.15, 0.2) is 0 Å². The first-order valence-corrected chi connectivity index (χ1v) is 6.29. The van der Waals surface area contributed by atoms with Crippen molar-refractivity contribution in [2.24, 2.45) is 5.73 Å². The van der Waals surface area contributed by atoms with E-state index in [1.807, 2.05) is 0 Å². The molecule has 0 aliphatic heterocycles. The molecule has 3 atom stereocenters. The van der Waals surface area contributed by atoms with Crippen molar-refractivity contribution in [3.05, 3.63) is 0 Å². The topological polar surface area (TPSA) is 92.9 Å². The van der Waals surface area contributed by atoms with E-state index in [4.69, 9.17) is 38.8 Å². The normalized spacial score (nSPS) is 15.6. The number of rotatable bonds is 7. The van der Waals surface area contributed by atoms with E-state index in [0.717, 1.165) is 0 Å². The molecule has 8 heteroatoms. The molecule has 0 rings (SSSR count). The van der Waals surface area contributed by atoms with E-state index in [9.17, 15) is 9.59 Å². The van der Waals surface area contributed by atoms with Crippen LogP contribution in [-0.4, -0.2) is 58.6 Å². The largest absolute Gasteiger partial charge is 0.480 e. The van der Waals surface area contributed by atoms with Crippen molar-refractivity contribution in [1.29, 1.82) is 0 Å². The molecular weight excluding hydrogens is 283 g/mol. The molecule has 6 nitrogen and oxygen atoms in total. The first-order valence-electron chi connectivity index (χ1n) is 5.42. The van der Waals surface area contributed by atoms with Gasteiger partial charge >= 0.3 is 12.1 Å². The van der Waals surface area contributed by atoms with Crippen LogP contribution < -0.4 is 5.73 Å². The summed E-state index contributed by atoms with van der Waals surface area (Å²) in [6.45, 7) is 3.59. The van der Waals surface area contributed by atoms with Crippen molar-refractivity contribution in [3.63, 3.8) is 0 Å². The van der Waals surface area contributed by atoms with E-state index >= 15 is 0 Å². The summed E-state index contributed by atoms with van der Waals surface area (Å²) in [4.78, 5) is 23.5. The average Bonchev–Trinajstić information content (AvgIpc) is 2.22. The van der Waals surface area contributed by atoms with Crippen molar-refractivity contribution in [1.82, 2.24) is 4.90 Å². The number of carbonyl (C=O) groups excluding carboxylic acids is 1. The molecule has 0 radical (unpaired) electrons. The molecule has 0 saturated carbocycles. The lowest BCUT2D eigenvalue weighted by atomic mass is 10.3. The third kappa shape index (κ3) is 7.58. The number of carboxylic acids is 1. The molecule has 106 valence electrons. The van der Waals surface area contributed by atoms with Gasteiger partial charge in [-0.1, -0.05) is 0 Å². The molecule has 0 aromatic rings. The van der Waals surface area contributed by atoms with E-state index < -0.39 is 24.7 Å². The molecule has 18 heavy (non-hydrogen) atoms. The van der Waals surface area contributed by atoms with Gasteiger partial charge in [0, 0.05) is 23.8 Å². The molecule has 3 N–H and O–H groups in total. The van der Waals surface area contributed by atoms with Gasteiger partial charge in [-0.2, -0.15) is 0 Å². The molecule has 0 fully saturated rings. The Morgan fingerprint density at radius 2 is 1.72 bits per heavy atom. The Hall–Kier alpha value is -0.720. The number of ether oxygens (including phenoxy) is 1. The molecule has 0 saturated heterocycles. The summed E-state index contributed by atoms with van der Waals surface area (Å²) in [5.74, 6) is -1.23. The van der Waals surface area contributed by atoms with Crippen LogP contribution in [0.4, 0.5) is 4.79 Å². The number of carbonyl (C=O) groups is 2. The highest BCUT2D eigenvalue weighted by Gasteiger charge is 2.21. The third-order valence-electron chi connectivity index (χ3n) is 1.91. The number of amides is 1. The summed E-state index contributed by atoms with van der Waals surface area (Å²) in [6, 6.07) is -1.24. The van der Waals surface area contributed by atoms with Crippen molar-refractivity contribution >= 4 is 35.3 Å². The maximum absolute atomic E-state index is 11.7. The van der Waals surface area contributed by atoms with E-state index in [1.165, 1.54) is 4.90 Å². The highest BCUT2D eigenvalue weighted by Crippen LogP contribution is 2.06. The smallest absolute Gasteiger partial charge is 0.409 e. The van der Waals surface area contributed by atoms with Crippen molar-refractivity contribution < 1.29 is 19.4 Å². The maximum atomic E-state index is 11.7. The number of alkyl halides is 2. The summed E-state index contributed by atoms with van der Waals surface area (Å²) in [5, 5.41) is 8.03. The zero-order valence-electron chi connectivity index (χ0n) is 10.3.